The summed E-state index contributed by atoms with van der Waals surface area (Å²) >= 11 is 5.91. The molecular formula is C21H24ClNO5. The number of hydrogen-bond donors (Lipinski definition) is 1. The van der Waals surface area contributed by atoms with Crippen LogP contribution in [0.5, 0.6) is 11.5 Å². The second-order valence-electron chi connectivity index (χ2n) is 6.50. The Labute approximate surface area is 169 Å². The lowest BCUT2D eigenvalue weighted by atomic mass is 9.88. The Kier molecular flexibility index (Phi) is 7.70. The second-order valence-corrected chi connectivity index (χ2v) is 6.94. The number of rotatable bonds is 8. The van der Waals surface area contributed by atoms with E-state index in [0.29, 0.717) is 22.2 Å². The molecule has 0 saturated carbocycles. The Hall–Kier alpha value is -2.73. The van der Waals surface area contributed by atoms with Crippen LogP contribution in [0.1, 0.15) is 25.3 Å². The first-order chi connectivity index (χ1) is 13.3. The van der Waals surface area contributed by atoms with Crippen molar-refractivity contribution in [2.45, 2.75) is 19.8 Å². The molecule has 1 amide bonds. The fraction of sp³-hybridized carbons (Fsp3) is 0.333. The monoisotopic (exact) mass is 405 g/mol. The minimum atomic E-state index is -0.480. The van der Waals surface area contributed by atoms with Crippen LogP contribution >= 0.6 is 11.6 Å². The minimum absolute atomic E-state index is 0.00239. The number of nitrogens with one attached hydrogen (secondary N) is 1. The molecule has 0 aliphatic carbocycles. The summed E-state index contributed by atoms with van der Waals surface area (Å²) in [4.78, 5) is 24.7. The average Bonchev–Trinajstić information content (AvgIpc) is 2.67. The van der Waals surface area contributed by atoms with Crippen LogP contribution in [-0.2, 0) is 14.3 Å². The van der Waals surface area contributed by atoms with Crippen molar-refractivity contribution in [3.05, 3.63) is 53.1 Å². The molecule has 0 unspecified atom stereocenters. The summed E-state index contributed by atoms with van der Waals surface area (Å²) in [6.45, 7) is 3.46. The zero-order valence-corrected chi connectivity index (χ0v) is 17.1. The van der Waals surface area contributed by atoms with Gasteiger partial charge in [0.25, 0.3) is 5.91 Å². The maximum Gasteiger partial charge on any atom is 0.314 e. The van der Waals surface area contributed by atoms with Gasteiger partial charge >= 0.3 is 5.97 Å². The molecule has 0 radical (unpaired) electrons. The second kappa shape index (κ2) is 9.99. The molecule has 2 aromatic carbocycles. The zero-order valence-electron chi connectivity index (χ0n) is 16.3. The topological polar surface area (TPSA) is 73.9 Å². The SMILES string of the molecule is COc1ccc(NC(=O)COC(=O)[C@H](c2ccc(Cl)cc2)C(C)C)cc1OC. The van der Waals surface area contributed by atoms with Crippen molar-refractivity contribution < 1.29 is 23.8 Å². The quantitative estimate of drug-likeness (QED) is 0.663. The maximum atomic E-state index is 12.5. The zero-order chi connectivity index (χ0) is 20.7. The third kappa shape index (κ3) is 5.63. The molecule has 2 rings (SSSR count). The summed E-state index contributed by atoms with van der Waals surface area (Å²) in [6, 6.07) is 12.0. The standard InChI is InChI=1S/C21H24ClNO5/c1-13(2)20(14-5-7-15(22)8-6-14)21(25)28-12-19(24)23-16-9-10-17(26-3)18(11-16)27-4/h5-11,13,20H,12H2,1-4H3,(H,23,24)/t20-/m0/s1. The molecule has 7 heteroatoms. The lowest BCUT2D eigenvalue weighted by Gasteiger charge is -2.20. The summed E-state index contributed by atoms with van der Waals surface area (Å²) in [5, 5.41) is 3.26. The number of methoxy groups -OCH3 is 2. The number of amides is 1. The van der Waals surface area contributed by atoms with E-state index in [1.165, 1.54) is 14.2 Å². The number of benzene rings is 2. The first-order valence-electron chi connectivity index (χ1n) is 8.79. The number of ether oxygens (including phenoxy) is 3. The summed E-state index contributed by atoms with van der Waals surface area (Å²) in [6.07, 6.45) is 0. The number of anilines is 1. The van der Waals surface area contributed by atoms with Gasteiger partial charge in [-0.2, -0.15) is 0 Å². The van der Waals surface area contributed by atoms with Gasteiger partial charge in [-0.25, -0.2) is 0 Å². The van der Waals surface area contributed by atoms with E-state index in [0.717, 1.165) is 5.56 Å². The van der Waals surface area contributed by atoms with Crippen molar-refractivity contribution in [1.29, 1.82) is 0 Å². The highest BCUT2D eigenvalue weighted by molar-refractivity contribution is 6.30. The number of esters is 1. The van der Waals surface area contributed by atoms with E-state index in [2.05, 4.69) is 5.32 Å². The summed E-state index contributed by atoms with van der Waals surface area (Å²) in [5.74, 6) is -0.345. The Morgan fingerprint density at radius 3 is 2.21 bits per heavy atom. The fourth-order valence-corrected chi connectivity index (χ4v) is 2.93. The van der Waals surface area contributed by atoms with E-state index in [9.17, 15) is 9.59 Å². The minimum Gasteiger partial charge on any atom is -0.493 e. The molecule has 0 fully saturated rings. The molecule has 1 N–H and O–H groups in total. The average molecular weight is 406 g/mol. The van der Waals surface area contributed by atoms with E-state index in [4.69, 9.17) is 25.8 Å². The predicted molar refractivity (Wildman–Crippen MR) is 108 cm³/mol. The van der Waals surface area contributed by atoms with Gasteiger partial charge in [-0.1, -0.05) is 37.6 Å². The van der Waals surface area contributed by atoms with Gasteiger partial charge in [-0.15, -0.1) is 0 Å². The predicted octanol–water partition coefficient (Wildman–Crippen LogP) is 4.28. The van der Waals surface area contributed by atoms with Gasteiger partial charge < -0.3 is 19.5 Å². The molecule has 2 aromatic rings. The van der Waals surface area contributed by atoms with Crippen LogP contribution < -0.4 is 14.8 Å². The van der Waals surface area contributed by atoms with Crippen LogP contribution in [-0.4, -0.2) is 32.7 Å². The molecule has 0 bridgehead atoms. The van der Waals surface area contributed by atoms with Crippen LogP contribution in [0.15, 0.2) is 42.5 Å². The van der Waals surface area contributed by atoms with E-state index in [1.54, 1.807) is 42.5 Å². The Balaban J connectivity index is 1.98. The molecule has 0 aliphatic heterocycles. The lowest BCUT2D eigenvalue weighted by molar-refractivity contribution is -0.149. The van der Waals surface area contributed by atoms with Crippen LogP contribution in [0.3, 0.4) is 0 Å². The number of hydrogen-bond acceptors (Lipinski definition) is 5. The van der Waals surface area contributed by atoms with Crippen molar-refractivity contribution in [2.24, 2.45) is 5.92 Å². The molecule has 0 heterocycles. The van der Waals surface area contributed by atoms with E-state index in [-0.39, 0.29) is 12.5 Å². The molecule has 6 nitrogen and oxygen atoms in total. The summed E-state index contributed by atoms with van der Waals surface area (Å²) in [7, 11) is 3.04. The third-order valence-corrected chi connectivity index (χ3v) is 4.41. The van der Waals surface area contributed by atoms with Gasteiger partial charge in [0.2, 0.25) is 0 Å². The highest BCUT2D eigenvalue weighted by Crippen LogP contribution is 2.30. The van der Waals surface area contributed by atoms with E-state index < -0.39 is 17.8 Å². The highest BCUT2D eigenvalue weighted by Gasteiger charge is 2.26. The van der Waals surface area contributed by atoms with Crippen molar-refractivity contribution in [3.63, 3.8) is 0 Å². The molecule has 1 atom stereocenters. The molecule has 28 heavy (non-hydrogen) atoms. The molecule has 0 aliphatic rings. The van der Waals surface area contributed by atoms with Gasteiger partial charge in [0, 0.05) is 16.8 Å². The highest BCUT2D eigenvalue weighted by atomic mass is 35.5. The first kappa shape index (κ1) is 21.6. The van der Waals surface area contributed by atoms with Crippen molar-refractivity contribution in [3.8, 4) is 11.5 Å². The Morgan fingerprint density at radius 1 is 1.00 bits per heavy atom. The van der Waals surface area contributed by atoms with E-state index in [1.807, 2.05) is 13.8 Å². The third-order valence-electron chi connectivity index (χ3n) is 4.16. The van der Waals surface area contributed by atoms with Crippen LogP contribution in [0.2, 0.25) is 5.02 Å². The molecule has 0 saturated heterocycles. The van der Waals surface area contributed by atoms with Crippen molar-refractivity contribution in [1.82, 2.24) is 0 Å². The Bertz CT molecular complexity index is 820. The van der Waals surface area contributed by atoms with Crippen molar-refractivity contribution in [2.75, 3.05) is 26.1 Å². The van der Waals surface area contributed by atoms with E-state index >= 15 is 0 Å². The maximum absolute atomic E-state index is 12.5. The largest absolute Gasteiger partial charge is 0.493 e. The van der Waals surface area contributed by atoms with Crippen LogP contribution in [0.4, 0.5) is 5.69 Å². The van der Waals surface area contributed by atoms with Gasteiger partial charge in [0.05, 0.1) is 20.1 Å². The van der Waals surface area contributed by atoms with Gasteiger partial charge in [0.15, 0.2) is 18.1 Å². The Morgan fingerprint density at radius 2 is 1.64 bits per heavy atom. The van der Waals surface area contributed by atoms with Crippen LogP contribution in [0, 0.1) is 5.92 Å². The summed E-state index contributed by atoms with van der Waals surface area (Å²) < 4.78 is 15.6. The van der Waals surface area contributed by atoms with Gasteiger partial charge in [-0.3, -0.25) is 9.59 Å². The van der Waals surface area contributed by atoms with Crippen LogP contribution in [0.25, 0.3) is 0 Å². The first-order valence-corrected chi connectivity index (χ1v) is 9.17. The number of halogens is 1. The number of carbonyl (C=O) groups excluding carboxylic acids is 2. The van der Waals surface area contributed by atoms with Crippen molar-refractivity contribution >= 4 is 29.2 Å². The molecule has 150 valence electrons. The molecular weight excluding hydrogens is 382 g/mol. The summed E-state index contributed by atoms with van der Waals surface area (Å²) in [5.41, 5.74) is 1.31. The molecule has 0 aromatic heterocycles. The lowest BCUT2D eigenvalue weighted by Crippen LogP contribution is -2.26. The molecule has 0 spiro atoms. The number of carbonyl (C=O) groups is 2. The fourth-order valence-electron chi connectivity index (χ4n) is 2.80. The van der Waals surface area contributed by atoms with Gasteiger partial charge in [-0.05, 0) is 35.7 Å². The van der Waals surface area contributed by atoms with Gasteiger partial charge in [0.1, 0.15) is 0 Å². The normalized spacial score (nSPS) is 11.6. The smallest absolute Gasteiger partial charge is 0.314 e.